The molecule has 3 heterocycles. The molecule has 0 unspecified atom stereocenters. The molecule has 0 radical (unpaired) electrons. The summed E-state index contributed by atoms with van der Waals surface area (Å²) in [5.74, 6) is 1.08. The van der Waals surface area contributed by atoms with Crippen LogP contribution in [0.4, 0.5) is 5.82 Å². The standard InChI is InChI=1S/C22H27N7O2/c1-21(2)10-15(11-22(3,4)28-21)27-20-13-23-18(12-24-20)17-6-5-16(9-19(17)31-14-30)29-25-7-8-26-29/h5-9,12-15,28H,10-11H2,1-4H3,(H,24,27). The van der Waals surface area contributed by atoms with E-state index in [1.807, 2.05) is 12.1 Å². The third-order valence-electron chi connectivity index (χ3n) is 5.26. The number of anilines is 1. The molecule has 1 fully saturated rings. The van der Waals surface area contributed by atoms with Gasteiger partial charge in [-0.3, -0.25) is 9.78 Å². The van der Waals surface area contributed by atoms with Crippen LogP contribution in [0, 0.1) is 0 Å². The summed E-state index contributed by atoms with van der Waals surface area (Å²) in [6.07, 6.45) is 8.52. The van der Waals surface area contributed by atoms with E-state index in [0.29, 0.717) is 35.2 Å². The lowest BCUT2D eigenvalue weighted by Gasteiger charge is -2.46. The molecule has 0 spiro atoms. The van der Waals surface area contributed by atoms with Crippen LogP contribution in [0.3, 0.4) is 0 Å². The Labute approximate surface area is 181 Å². The Morgan fingerprint density at radius 1 is 1.10 bits per heavy atom. The summed E-state index contributed by atoms with van der Waals surface area (Å²) < 4.78 is 5.19. The van der Waals surface area contributed by atoms with Gasteiger partial charge in [0.25, 0.3) is 6.47 Å². The van der Waals surface area contributed by atoms with E-state index in [1.165, 1.54) is 4.80 Å². The maximum Gasteiger partial charge on any atom is 0.298 e. The zero-order chi connectivity index (χ0) is 22.1. The Bertz CT molecular complexity index is 1030. The van der Waals surface area contributed by atoms with Crippen LogP contribution in [0.5, 0.6) is 5.75 Å². The molecule has 31 heavy (non-hydrogen) atoms. The van der Waals surface area contributed by atoms with Gasteiger partial charge in [-0.15, -0.1) is 0 Å². The van der Waals surface area contributed by atoms with Crippen LogP contribution in [-0.2, 0) is 4.79 Å². The highest BCUT2D eigenvalue weighted by Crippen LogP contribution is 2.32. The highest BCUT2D eigenvalue weighted by Gasteiger charge is 2.37. The third kappa shape index (κ3) is 4.88. The molecule has 0 aliphatic carbocycles. The van der Waals surface area contributed by atoms with Crippen molar-refractivity contribution in [2.45, 2.75) is 57.7 Å². The minimum absolute atomic E-state index is 0.0407. The number of nitrogens with zero attached hydrogens (tertiary/aromatic N) is 5. The molecule has 0 atom stereocenters. The lowest BCUT2D eigenvalue weighted by Crippen LogP contribution is -2.60. The predicted molar refractivity (Wildman–Crippen MR) is 117 cm³/mol. The second-order valence-electron chi connectivity index (χ2n) is 9.14. The van der Waals surface area contributed by atoms with Gasteiger partial charge in [-0.2, -0.15) is 15.0 Å². The number of hydrogen-bond acceptors (Lipinski definition) is 8. The Hall–Kier alpha value is -3.33. The van der Waals surface area contributed by atoms with Crippen molar-refractivity contribution in [2.24, 2.45) is 0 Å². The zero-order valence-electron chi connectivity index (χ0n) is 18.2. The summed E-state index contributed by atoms with van der Waals surface area (Å²) in [4.78, 5) is 21.6. The van der Waals surface area contributed by atoms with Gasteiger partial charge in [-0.25, -0.2) is 4.98 Å². The molecule has 3 aromatic rings. The van der Waals surface area contributed by atoms with E-state index in [1.54, 1.807) is 30.9 Å². The van der Waals surface area contributed by atoms with Crippen LogP contribution < -0.4 is 15.4 Å². The first-order valence-corrected chi connectivity index (χ1v) is 10.2. The number of hydrogen-bond donors (Lipinski definition) is 2. The molecule has 9 heteroatoms. The zero-order valence-corrected chi connectivity index (χ0v) is 18.2. The fourth-order valence-corrected chi connectivity index (χ4v) is 4.52. The summed E-state index contributed by atoms with van der Waals surface area (Å²) in [6, 6.07) is 5.63. The maximum absolute atomic E-state index is 11.0. The van der Waals surface area contributed by atoms with Gasteiger partial charge in [0, 0.05) is 28.7 Å². The van der Waals surface area contributed by atoms with Crippen molar-refractivity contribution >= 4 is 12.3 Å². The number of carbonyl (C=O) groups excluding carboxylic acids is 1. The average Bonchev–Trinajstić information content (AvgIpc) is 3.21. The van der Waals surface area contributed by atoms with E-state index < -0.39 is 0 Å². The van der Waals surface area contributed by atoms with Crippen molar-refractivity contribution in [2.75, 3.05) is 5.32 Å². The van der Waals surface area contributed by atoms with E-state index >= 15 is 0 Å². The molecule has 9 nitrogen and oxygen atoms in total. The average molecular weight is 422 g/mol. The second-order valence-corrected chi connectivity index (χ2v) is 9.14. The highest BCUT2D eigenvalue weighted by atomic mass is 16.5. The molecular formula is C22H27N7O2. The first-order chi connectivity index (χ1) is 14.7. The molecule has 1 aliphatic rings. The van der Waals surface area contributed by atoms with Crippen molar-refractivity contribution in [3.8, 4) is 22.7 Å². The topological polar surface area (TPSA) is 107 Å². The van der Waals surface area contributed by atoms with Gasteiger partial charge in [0.1, 0.15) is 11.6 Å². The summed E-state index contributed by atoms with van der Waals surface area (Å²) in [7, 11) is 0. The molecule has 1 aliphatic heterocycles. The number of aromatic nitrogens is 5. The molecule has 0 saturated carbocycles. The smallest absolute Gasteiger partial charge is 0.298 e. The van der Waals surface area contributed by atoms with Gasteiger partial charge in [0.2, 0.25) is 0 Å². The predicted octanol–water partition coefficient (Wildman–Crippen LogP) is 2.98. The number of rotatable bonds is 6. The van der Waals surface area contributed by atoms with Gasteiger partial charge >= 0.3 is 0 Å². The largest absolute Gasteiger partial charge is 0.428 e. The Balaban J connectivity index is 1.54. The quantitative estimate of drug-likeness (QED) is 0.585. The first kappa shape index (κ1) is 20.9. The molecule has 4 rings (SSSR count). The molecule has 0 bridgehead atoms. The van der Waals surface area contributed by atoms with Crippen LogP contribution in [0.15, 0.2) is 43.0 Å². The van der Waals surface area contributed by atoms with Crippen molar-refractivity contribution in [3.63, 3.8) is 0 Å². The number of piperidine rings is 1. The van der Waals surface area contributed by atoms with E-state index in [9.17, 15) is 4.79 Å². The van der Waals surface area contributed by atoms with Crippen LogP contribution in [0.25, 0.3) is 16.9 Å². The van der Waals surface area contributed by atoms with Crippen molar-refractivity contribution in [3.05, 3.63) is 43.0 Å². The third-order valence-corrected chi connectivity index (χ3v) is 5.26. The van der Waals surface area contributed by atoms with Crippen LogP contribution in [0.2, 0.25) is 0 Å². The van der Waals surface area contributed by atoms with Gasteiger partial charge < -0.3 is 15.4 Å². The van der Waals surface area contributed by atoms with E-state index in [0.717, 1.165) is 18.7 Å². The van der Waals surface area contributed by atoms with Gasteiger partial charge in [0.15, 0.2) is 0 Å². The number of carbonyl (C=O) groups is 1. The Kier molecular flexibility index (Phi) is 5.45. The molecule has 1 aromatic carbocycles. The molecule has 2 aromatic heterocycles. The first-order valence-electron chi connectivity index (χ1n) is 10.2. The molecule has 2 N–H and O–H groups in total. The van der Waals surface area contributed by atoms with E-state index in [-0.39, 0.29) is 11.1 Å². The van der Waals surface area contributed by atoms with E-state index in [4.69, 9.17) is 4.74 Å². The molecular weight excluding hydrogens is 394 g/mol. The number of benzene rings is 1. The van der Waals surface area contributed by atoms with Crippen molar-refractivity contribution < 1.29 is 9.53 Å². The van der Waals surface area contributed by atoms with Gasteiger partial charge in [-0.1, -0.05) is 0 Å². The van der Waals surface area contributed by atoms with E-state index in [2.05, 4.69) is 58.5 Å². The molecule has 162 valence electrons. The molecule has 1 saturated heterocycles. The van der Waals surface area contributed by atoms with Crippen LogP contribution in [-0.4, -0.2) is 48.6 Å². The second kappa shape index (κ2) is 8.07. The fraction of sp³-hybridized carbons (Fsp3) is 0.409. The summed E-state index contributed by atoms with van der Waals surface area (Å²) in [6.45, 7) is 9.26. The monoisotopic (exact) mass is 421 g/mol. The SMILES string of the molecule is CC1(C)CC(Nc2cnc(-c3ccc(-n4nccn4)cc3OC=O)cn2)CC(C)(C)N1. The number of nitrogens with one attached hydrogen (secondary N) is 2. The van der Waals surface area contributed by atoms with Crippen molar-refractivity contribution in [1.29, 1.82) is 0 Å². The lowest BCUT2D eigenvalue weighted by molar-refractivity contribution is -0.120. The van der Waals surface area contributed by atoms with Crippen molar-refractivity contribution in [1.82, 2.24) is 30.3 Å². The lowest BCUT2D eigenvalue weighted by atomic mass is 9.79. The normalized spacial score (nSPS) is 17.8. The Morgan fingerprint density at radius 3 is 2.42 bits per heavy atom. The highest BCUT2D eigenvalue weighted by molar-refractivity contribution is 5.71. The number of ether oxygens (including phenoxy) is 1. The summed E-state index contributed by atoms with van der Waals surface area (Å²) in [5.41, 5.74) is 2.02. The van der Waals surface area contributed by atoms with Crippen LogP contribution >= 0.6 is 0 Å². The van der Waals surface area contributed by atoms with Gasteiger partial charge in [-0.05, 0) is 52.7 Å². The maximum atomic E-state index is 11.0. The molecule has 0 amide bonds. The summed E-state index contributed by atoms with van der Waals surface area (Å²) in [5, 5.41) is 15.4. The summed E-state index contributed by atoms with van der Waals surface area (Å²) >= 11 is 0. The van der Waals surface area contributed by atoms with Crippen LogP contribution in [0.1, 0.15) is 40.5 Å². The minimum Gasteiger partial charge on any atom is -0.428 e. The Morgan fingerprint density at radius 2 is 1.81 bits per heavy atom. The fourth-order valence-electron chi connectivity index (χ4n) is 4.52. The van der Waals surface area contributed by atoms with Gasteiger partial charge in [0.05, 0.1) is 36.2 Å². The minimum atomic E-state index is 0.0407.